The molecule has 2 nitrogen and oxygen atoms in total. The fourth-order valence-corrected chi connectivity index (χ4v) is 2.82. The SMILES string of the molecule is CCCCCCCCCCCCCCCC=CC(=O)OCCCC. The third-order valence-electron chi connectivity index (χ3n) is 4.47. The van der Waals surface area contributed by atoms with Crippen LogP contribution in [0.4, 0.5) is 0 Å². The monoisotopic (exact) mass is 338 g/mol. The van der Waals surface area contributed by atoms with Crippen molar-refractivity contribution in [2.24, 2.45) is 0 Å². The predicted molar refractivity (Wildman–Crippen MR) is 105 cm³/mol. The maximum Gasteiger partial charge on any atom is 0.330 e. The maximum atomic E-state index is 11.3. The van der Waals surface area contributed by atoms with E-state index in [9.17, 15) is 4.79 Å². The molecule has 0 amide bonds. The van der Waals surface area contributed by atoms with Crippen LogP contribution in [0.15, 0.2) is 12.2 Å². The molecule has 0 rings (SSSR count). The maximum absolute atomic E-state index is 11.3. The molecule has 0 unspecified atom stereocenters. The first-order valence-corrected chi connectivity index (χ1v) is 10.6. The van der Waals surface area contributed by atoms with Gasteiger partial charge in [-0.3, -0.25) is 0 Å². The topological polar surface area (TPSA) is 26.3 Å². The van der Waals surface area contributed by atoms with Crippen LogP contribution in [-0.2, 0) is 9.53 Å². The summed E-state index contributed by atoms with van der Waals surface area (Å²) in [6.45, 7) is 4.93. The summed E-state index contributed by atoms with van der Waals surface area (Å²) in [4.78, 5) is 11.3. The number of carbonyl (C=O) groups is 1. The van der Waals surface area contributed by atoms with Crippen LogP contribution in [0.3, 0.4) is 0 Å². The second kappa shape index (κ2) is 20.3. The zero-order valence-corrected chi connectivity index (χ0v) is 16.5. The van der Waals surface area contributed by atoms with E-state index in [1.807, 2.05) is 6.08 Å². The fourth-order valence-electron chi connectivity index (χ4n) is 2.82. The van der Waals surface area contributed by atoms with Crippen LogP contribution < -0.4 is 0 Å². The van der Waals surface area contributed by atoms with Crippen LogP contribution in [-0.4, -0.2) is 12.6 Å². The van der Waals surface area contributed by atoms with E-state index < -0.39 is 0 Å². The fraction of sp³-hybridized carbons (Fsp3) is 0.864. The van der Waals surface area contributed by atoms with E-state index in [1.165, 1.54) is 83.5 Å². The highest BCUT2D eigenvalue weighted by atomic mass is 16.5. The molecular weight excluding hydrogens is 296 g/mol. The zero-order chi connectivity index (χ0) is 17.7. The van der Waals surface area contributed by atoms with Gasteiger partial charge in [0.25, 0.3) is 0 Å². The molecule has 0 atom stereocenters. The van der Waals surface area contributed by atoms with Crippen molar-refractivity contribution in [3.05, 3.63) is 12.2 Å². The first-order chi connectivity index (χ1) is 11.8. The summed E-state index contributed by atoms with van der Waals surface area (Å²) < 4.78 is 5.08. The third-order valence-corrected chi connectivity index (χ3v) is 4.47. The van der Waals surface area contributed by atoms with Crippen molar-refractivity contribution in [3.8, 4) is 0 Å². The molecule has 2 heteroatoms. The summed E-state index contributed by atoms with van der Waals surface area (Å²) in [6, 6.07) is 0. The highest BCUT2D eigenvalue weighted by Gasteiger charge is 1.96. The van der Waals surface area contributed by atoms with Crippen LogP contribution in [0.2, 0.25) is 0 Å². The predicted octanol–water partition coefficient (Wildman–Crippen LogP) is 7.37. The largest absolute Gasteiger partial charge is 0.463 e. The first kappa shape index (κ1) is 23.2. The van der Waals surface area contributed by atoms with Gasteiger partial charge in [0.15, 0.2) is 0 Å². The van der Waals surface area contributed by atoms with E-state index in [4.69, 9.17) is 4.74 Å². The highest BCUT2D eigenvalue weighted by Crippen LogP contribution is 2.13. The van der Waals surface area contributed by atoms with Gasteiger partial charge in [-0.25, -0.2) is 4.79 Å². The molecule has 0 saturated carbocycles. The van der Waals surface area contributed by atoms with Crippen molar-refractivity contribution in [3.63, 3.8) is 0 Å². The Morgan fingerprint density at radius 1 is 0.667 bits per heavy atom. The van der Waals surface area contributed by atoms with Gasteiger partial charge >= 0.3 is 5.97 Å². The number of unbranched alkanes of at least 4 members (excludes halogenated alkanes) is 14. The minimum Gasteiger partial charge on any atom is -0.463 e. The Morgan fingerprint density at radius 3 is 1.62 bits per heavy atom. The average molecular weight is 339 g/mol. The van der Waals surface area contributed by atoms with Crippen LogP contribution in [0.25, 0.3) is 0 Å². The summed E-state index contributed by atoms with van der Waals surface area (Å²) >= 11 is 0. The molecule has 0 aromatic heterocycles. The summed E-state index contributed by atoms with van der Waals surface area (Å²) in [6.07, 6.45) is 24.5. The molecule has 0 radical (unpaired) electrons. The standard InChI is InChI=1S/C22H42O2/c1-3-5-7-8-9-10-11-12-13-14-15-16-17-18-19-20-22(23)24-21-6-4-2/h19-20H,3-18,21H2,1-2H3. The normalized spacial score (nSPS) is 11.2. The molecule has 0 aliphatic carbocycles. The molecular formula is C22H42O2. The molecule has 0 spiro atoms. The smallest absolute Gasteiger partial charge is 0.330 e. The molecule has 0 N–H and O–H groups in total. The number of allylic oxidation sites excluding steroid dienone is 1. The molecule has 0 aliphatic heterocycles. The van der Waals surface area contributed by atoms with Gasteiger partial charge in [0.1, 0.15) is 0 Å². The Balaban J connectivity index is 3.15. The van der Waals surface area contributed by atoms with E-state index in [0.29, 0.717) is 6.61 Å². The molecule has 0 fully saturated rings. The number of carbonyl (C=O) groups excluding carboxylic acids is 1. The molecule has 0 aromatic carbocycles. The number of hydrogen-bond acceptors (Lipinski definition) is 2. The van der Waals surface area contributed by atoms with Gasteiger partial charge in [-0.1, -0.05) is 103 Å². The van der Waals surface area contributed by atoms with E-state index in [1.54, 1.807) is 6.08 Å². The van der Waals surface area contributed by atoms with Crippen molar-refractivity contribution >= 4 is 5.97 Å². The Hall–Kier alpha value is -0.790. The minimum absolute atomic E-state index is 0.182. The molecule has 0 aliphatic rings. The lowest BCUT2D eigenvalue weighted by molar-refractivity contribution is -0.137. The van der Waals surface area contributed by atoms with Gasteiger partial charge in [0, 0.05) is 6.08 Å². The lowest BCUT2D eigenvalue weighted by Crippen LogP contribution is -2.01. The summed E-state index contributed by atoms with van der Waals surface area (Å²) in [7, 11) is 0. The van der Waals surface area contributed by atoms with Gasteiger partial charge in [0.2, 0.25) is 0 Å². The van der Waals surface area contributed by atoms with Gasteiger partial charge in [0.05, 0.1) is 6.61 Å². The van der Waals surface area contributed by atoms with Gasteiger partial charge in [-0.15, -0.1) is 0 Å². The number of ether oxygens (including phenoxy) is 1. The summed E-state index contributed by atoms with van der Waals surface area (Å²) in [5.41, 5.74) is 0. The first-order valence-electron chi connectivity index (χ1n) is 10.6. The van der Waals surface area contributed by atoms with Crippen molar-refractivity contribution in [2.75, 3.05) is 6.61 Å². The molecule has 24 heavy (non-hydrogen) atoms. The number of esters is 1. The molecule has 0 aromatic rings. The Labute approximate surface area is 151 Å². The second-order valence-corrected chi connectivity index (χ2v) is 6.95. The number of rotatable bonds is 18. The lowest BCUT2D eigenvalue weighted by atomic mass is 10.0. The molecule has 0 heterocycles. The summed E-state index contributed by atoms with van der Waals surface area (Å²) in [5.74, 6) is -0.182. The van der Waals surface area contributed by atoms with E-state index >= 15 is 0 Å². The summed E-state index contributed by atoms with van der Waals surface area (Å²) in [5, 5.41) is 0. The molecule has 0 saturated heterocycles. The van der Waals surface area contributed by atoms with Crippen molar-refractivity contribution in [1.82, 2.24) is 0 Å². The minimum atomic E-state index is -0.182. The number of hydrogen-bond donors (Lipinski definition) is 0. The van der Waals surface area contributed by atoms with Gasteiger partial charge < -0.3 is 4.74 Å². The third kappa shape index (κ3) is 19.3. The second-order valence-electron chi connectivity index (χ2n) is 6.95. The van der Waals surface area contributed by atoms with Gasteiger partial charge in [-0.2, -0.15) is 0 Å². The van der Waals surface area contributed by atoms with Gasteiger partial charge in [-0.05, 0) is 19.3 Å². The Kier molecular flexibility index (Phi) is 19.6. The van der Waals surface area contributed by atoms with Crippen molar-refractivity contribution in [1.29, 1.82) is 0 Å². The van der Waals surface area contributed by atoms with Crippen LogP contribution in [0.5, 0.6) is 0 Å². The molecule has 0 bridgehead atoms. The lowest BCUT2D eigenvalue weighted by Gasteiger charge is -2.02. The molecule has 142 valence electrons. The van der Waals surface area contributed by atoms with E-state index in [0.717, 1.165) is 19.3 Å². The van der Waals surface area contributed by atoms with Crippen LogP contribution in [0.1, 0.15) is 117 Å². The van der Waals surface area contributed by atoms with E-state index in [-0.39, 0.29) is 5.97 Å². The quantitative estimate of drug-likeness (QED) is 0.148. The van der Waals surface area contributed by atoms with Crippen molar-refractivity contribution < 1.29 is 9.53 Å². The van der Waals surface area contributed by atoms with Crippen molar-refractivity contribution in [2.45, 2.75) is 117 Å². The van der Waals surface area contributed by atoms with Crippen LogP contribution >= 0.6 is 0 Å². The van der Waals surface area contributed by atoms with Crippen LogP contribution in [0, 0.1) is 0 Å². The Bertz CT molecular complexity index is 284. The van der Waals surface area contributed by atoms with E-state index in [2.05, 4.69) is 13.8 Å². The highest BCUT2D eigenvalue weighted by molar-refractivity contribution is 5.81. The zero-order valence-electron chi connectivity index (χ0n) is 16.5. The average Bonchev–Trinajstić information content (AvgIpc) is 2.58. The Morgan fingerprint density at radius 2 is 1.12 bits per heavy atom.